The highest BCUT2D eigenvalue weighted by molar-refractivity contribution is 6.02. The molecule has 0 saturated heterocycles. The molecule has 1 aliphatic heterocycles. The molecule has 0 amide bonds. The second-order valence-electron chi connectivity index (χ2n) is 5.09. The van der Waals surface area contributed by atoms with Crippen LogP contribution in [0.4, 0.5) is 0 Å². The van der Waals surface area contributed by atoms with Crippen LogP contribution in [0.25, 0.3) is 0 Å². The van der Waals surface area contributed by atoms with Crippen LogP contribution in [0.5, 0.6) is 0 Å². The summed E-state index contributed by atoms with van der Waals surface area (Å²) in [4.78, 5) is 5.61. The minimum Gasteiger partial charge on any atom is -0.363 e. The molecule has 3 heteroatoms. The summed E-state index contributed by atoms with van der Waals surface area (Å²) in [5.74, 6) is 0.432. The second-order valence-corrected chi connectivity index (χ2v) is 5.09. The van der Waals surface area contributed by atoms with Gasteiger partial charge in [0.15, 0.2) is 0 Å². The van der Waals surface area contributed by atoms with Gasteiger partial charge in [-0.25, -0.2) is 0 Å². The molecule has 1 aromatic carbocycles. The van der Waals surface area contributed by atoms with Crippen molar-refractivity contribution in [1.82, 2.24) is 0 Å². The molecule has 0 spiro atoms. The maximum absolute atomic E-state index is 5.70. The van der Waals surface area contributed by atoms with Crippen molar-refractivity contribution in [2.45, 2.75) is 26.1 Å². The Morgan fingerprint density at radius 2 is 1.90 bits per heavy atom. The van der Waals surface area contributed by atoms with E-state index in [1.807, 2.05) is 37.3 Å². The fourth-order valence-electron chi connectivity index (χ4n) is 2.77. The van der Waals surface area contributed by atoms with E-state index in [1.54, 1.807) is 0 Å². The van der Waals surface area contributed by atoms with E-state index in [-0.39, 0.29) is 18.1 Å². The normalized spacial score (nSPS) is 24.8. The van der Waals surface area contributed by atoms with Gasteiger partial charge >= 0.3 is 0 Å². The molecule has 1 heterocycles. The van der Waals surface area contributed by atoms with E-state index in [4.69, 9.17) is 9.57 Å². The minimum absolute atomic E-state index is 0.202. The van der Waals surface area contributed by atoms with Gasteiger partial charge in [-0.1, -0.05) is 47.6 Å². The summed E-state index contributed by atoms with van der Waals surface area (Å²) in [7, 11) is 0. The number of benzene rings is 1. The number of allylic oxidation sites excluding steroid dienone is 2. The first-order valence-electron chi connectivity index (χ1n) is 7.44. The Morgan fingerprint density at radius 1 is 1.19 bits per heavy atom. The predicted octanol–water partition coefficient (Wildman–Crippen LogP) is 4.17. The molecule has 0 bridgehead atoms. The van der Waals surface area contributed by atoms with E-state index in [9.17, 15) is 0 Å². The lowest BCUT2D eigenvalue weighted by molar-refractivity contribution is -0.183. The highest BCUT2D eigenvalue weighted by atomic mass is 16.8. The van der Waals surface area contributed by atoms with Gasteiger partial charge in [0.05, 0.1) is 5.71 Å². The second kappa shape index (κ2) is 7.79. The number of oxime groups is 1. The smallest absolute Gasteiger partial charge is 0.230 e. The van der Waals surface area contributed by atoms with Gasteiger partial charge in [-0.3, -0.25) is 0 Å². The lowest BCUT2D eigenvalue weighted by Crippen LogP contribution is -2.39. The molecule has 0 aliphatic carbocycles. The van der Waals surface area contributed by atoms with Crippen molar-refractivity contribution in [3.63, 3.8) is 0 Å². The SMILES string of the molecule is C=CC[C@H]1[C@H](OCC)ON=C(c2ccccc2)[C@@H]1CC=C. The summed E-state index contributed by atoms with van der Waals surface area (Å²) in [6.45, 7) is 10.3. The Balaban J connectivity index is 2.34. The van der Waals surface area contributed by atoms with Gasteiger partial charge < -0.3 is 9.57 Å². The first-order chi connectivity index (χ1) is 10.3. The first kappa shape index (κ1) is 15.5. The maximum Gasteiger partial charge on any atom is 0.230 e. The third-order valence-corrected chi connectivity index (χ3v) is 3.73. The van der Waals surface area contributed by atoms with Crippen molar-refractivity contribution in [1.29, 1.82) is 0 Å². The van der Waals surface area contributed by atoms with Gasteiger partial charge in [-0.05, 0) is 25.3 Å². The van der Waals surface area contributed by atoms with Gasteiger partial charge in [0.2, 0.25) is 6.29 Å². The molecule has 2 rings (SSSR count). The minimum atomic E-state index is -0.314. The Kier molecular flexibility index (Phi) is 5.76. The summed E-state index contributed by atoms with van der Waals surface area (Å²) in [6, 6.07) is 10.1. The van der Waals surface area contributed by atoms with E-state index < -0.39 is 0 Å². The summed E-state index contributed by atoms with van der Waals surface area (Å²) in [5, 5.41) is 4.34. The van der Waals surface area contributed by atoms with Crippen LogP contribution < -0.4 is 0 Å². The number of nitrogens with zero attached hydrogens (tertiary/aromatic N) is 1. The molecule has 112 valence electrons. The van der Waals surface area contributed by atoms with E-state index in [1.165, 1.54) is 0 Å². The molecule has 0 radical (unpaired) electrons. The Labute approximate surface area is 127 Å². The molecule has 1 aromatic rings. The molecule has 21 heavy (non-hydrogen) atoms. The third-order valence-electron chi connectivity index (χ3n) is 3.73. The Hall–Kier alpha value is -1.87. The first-order valence-corrected chi connectivity index (χ1v) is 7.44. The van der Waals surface area contributed by atoms with Crippen molar-refractivity contribution >= 4 is 5.71 Å². The number of ether oxygens (including phenoxy) is 1. The van der Waals surface area contributed by atoms with Gasteiger partial charge in [0.1, 0.15) is 0 Å². The zero-order chi connectivity index (χ0) is 15.1. The zero-order valence-electron chi connectivity index (χ0n) is 12.6. The van der Waals surface area contributed by atoms with E-state index >= 15 is 0 Å². The zero-order valence-corrected chi connectivity index (χ0v) is 12.6. The molecular weight excluding hydrogens is 262 g/mol. The van der Waals surface area contributed by atoms with Crippen molar-refractivity contribution in [2.75, 3.05) is 6.61 Å². The maximum atomic E-state index is 5.70. The van der Waals surface area contributed by atoms with Gasteiger partial charge in [0, 0.05) is 18.4 Å². The van der Waals surface area contributed by atoms with Crippen molar-refractivity contribution < 1.29 is 9.57 Å². The number of hydrogen-bond acceptors (Lipinski definition) is 3. The van der Waals surface area contributed by atoms with Gasteiger partial charge in [-0.15, -0.1) is 13.2 Å². The Bertz CT molecular complexity index is 495. The summed E-state index contributed by atoms with van der Waals surface area (Å²) in [5.41, 5.74) is 2.06. The van der Waals surface area contributed by atoms with Crippen molar-refractivity contribution in [3.8, 4) is 0 Å². The number of rotatable bonds is 7. The van der Waals surface area contributed by atoms with E-state index in [2.05, 4.69) is 30.4 Å². The number of hydrogen-bond donors (Lipinski definition) is 0. The molecule has 0 saturated carbocycles. The summed E-state index contributed by atoms with van der Waals surface area (Å²) < 4.78 is 5.70. The molecule has 3 atom stereocenters. The van der Waals surface area contributed by atoms with Gasteiger partial charge in [-0.2, -0.15) is 0 Å². The van der Waals surface area contributed by atoms with Crippen LogP contribution in [-0.2, 0) is 9.57 Å². The van der Waals surface area contributed by atoms with Gasteiger partial charge in [0.25, 0.3) is 0 Å². The van der Waals surface area contributed by atoms with Crippen molar-refractivity contribution in [2.24, 2.45) is 17.0 Å². The molecule has 0 fully saturated rings. The van der Waals surface area contributed by atoms with Crippen LogP contribution in [0.15, 0.2) is 60.8 Å². The van der Waals surface area contributed by atoms with Crippen LogP contribution in [-0.4, -0.2) is 18.6 Å². The average molecular weight is 285 g/mol. The third kappa shape index (κ3) is 3.61. The molecule has 3 nitrogen and oxygen atoms in total. The van der Waals surface area contributed by atoms with Crippen molar-refractivity contribution in [3.05, 3.63) is 61.2 Å². The molecule has 0 N–H and O–H groups in total. The van der Waals surface area contributed by atoms with Crippen LogP contribution in [0.1, 0.15) is 25.3 Å². The summed E-state index contributed by atoms with van der Waals surface area (Å²) >= 11 is 0. The average Bonchev–Trinajstić information content (AvgIpc) is 2.52. The quantitative estimate of drug-likeness (QED) is 0.704. The topological polar surface area (TPSA) is 30.8 Å². The van der Waals surface area contributed by atoms with Crippen LogP contribution in [0.2, 0.25) is 0 Å². The fraction of sp³-hybridized carbons (Fsp3) is 0.389. The molecule has 0 unspecified atom stereocenters. The lowest BCUT2D eigenvalue weighted by atomic mass is 9.80. The molecule has 0 aromatic heterocycles. The summed E-state index contributed by atoms with van der Waals surface area (Å²) in [6.07, 6.45) is 5.22. The highest BCUT2D eigenvalue weighted by Crippen LogP contribution is 2.34. The standard InChI is InChI=1S/C18H23NO2/c1-4-10-15-16(11-5-2)18(20-6-3)21-19-17(15)14-12-8-7-9-13-14/h4-5,7-9,12-13,15-16,18H,1-2,6,10-11H2,3H3/t15-,16-,18-/m1/s1. The Morgan fingerprint density at radius 3 is 2.52 bits per heavy atom. The van der Waals surface area contributed by atoms with Crippen LogP contribution in [0.3, 0.4) is 0 Å². The highest BCUT2D eigenvalue weighted by Gasteiger charge is 2.37. The lowest BCUT2D eigenvalue weighted by Gasteiger charge is -2.35. The van der Waals surface area contributed by atoms with Crippen LogP contribution in [0, 0.1) is 11.8 Å². The molecular formula is C18H23NO2. The monoisotopic (exact) mass is 285 g/mol. The molecule has 1 aliphatic rings. The predicted molar refractivity (Wildman–Crippen MR) is 86.1 cm³/mol. The van der Waals surface area contributed by atoms with E-state index in [0.29, 0.717) is 6.61 Å². The van der Waals surface area contributed by atoms with Crippen LogP contribution >= 0.6 is 0 Å². The van der Waals surface area contributed by atoms with E-state index in [0.717, 1.165) is 24.1 Å². The fourth-order valence-corrected chi connectivity index (χ4v) is 2.77. The largest absolute Gasteiger partial charge is 0.363 e.